The molecule has 0 radical (unpaired) electrons. The molecule has 7 heteroatoms. The molecule has 1 aliphatic rings. The number of hydrogen-bond acceptors (Lipinski definition) is 6. The van der Waals surface area contributed by atoms with Crippen LogP contribution in [0.15, 0.2) is 59.5 Å². The number of hydrogen-bond donors (Lipinski definition) is 1. The molecular weight excluding hydrogens is 438 g/mol. The number of ether oxygens (including phenoxy) is 2. The fourth-order valence-corrected chi connectivity index (χ4v) is 5.02. The second-order valence-electron chi connectivity index (χ2n) is 7.95. The molecule has 1 unspecified atom stereocenters. The van der Waals surface area contributed by atoms with Gasteiger partial charge in [-0.1, -0.05) is 24.3 Å². The maximum absolute atomic E-state index is 13.3. The van der Waals surface area contributed by atoms with Gasteiger partial charge in [0.2, 0.25) is 0 Å². The van der Waals surface area contributed by atoms with Crippen LogP contribution in [-0.4, -0.2) is 35.9 Å². The molecule has 2 aromatic carbocycles. The summed E-state index contributed by atoms with van der Waals surface area (Å²) < 4.78 is 10.9. The molecule has 1 fully saturated rings. The first-order valence-corrected chi connectivity index (χ1v) is 11.3. The minimum absolute atomic E-state index is 0.0353. The summed E-state index contributed by atoms with van der Waals surface area (Å²) in [5.74, 6) is -0.567. The molecule has 0 spiro atoms. The van der Waals surface area contributed by atoms with Crippen molar-refractivity contribution < 1.29 is 24.2 Å². The Bertz CT molecular complexity index is 1250. The van der Waals surface area contributed by atoms with Gasteiger partial charge in [-0.3, -0.25) is 9.59 Å². The van der Waals surface area contributed by atoms with Crippen LogP contribution in [0.2, 0.25) is 0 Å². The molecule has 0 aliphatic carbocycles. The van der Waals surface area contributed by atoms with E-state index in [0.717, 1.165) is 16.0 Å². The number of carbonyl (C=O) groups is 2. The van der Waals surface area contributed by atoms with Crippen LogP contribution in [0.3, 0.4) is 0 Å². The third-order valence-corrected chi connectivity index (χ3v) is 6.60. The van der Waals surface area contributed by atoms with E-state index in [1.807, 2.05) is 43.5 Å². The number of aryl methyl sites for hydroxylation is 2. The van der Waals surface area contributed by atoms with Crippen molar-refractivity contribution in [1.29, 1.82) is 0 Å². The summed E-state index contributed by atoms with van der Waals surface area (Å²) in [6.45, 7) is 4.03. The Morgan fingerprint density at radius 1 is 1.06 bits per heavy atom. The monoisotopic (exact) mass is 463 g/mol. The SMILES string of the molecule is COc1cccc(C2/C(=C(\O)c3cc(C)cc(C)c3OC)C(=O)C(=O)N2Cc2cccs2)c1. The van der Waals surface area contributed by atoms with Crippen molar-refractivity contribution in [1.82, 2.24) is 4.90 Å². The summed E-state index contributed by atoms with van der Waals surface area (Å²) >= 11 is 1.51. The highest BCUT2D eigenvalue weighted by Gasteiger charge is 2.46. The van der Waals surface area contributed by atoms with Gasteiger partial charge in [-0.05, 0) is 60.2 Å². The zero-order chi connectivity index (χ0) is 23.7. The van der Waals surface area contributed by atoms with Crippen molar-refractivity contribution in [3.8, 4) is 11.5 Å². The normalized spacial score (nSPS) is 17.5. The zero-order valence-corrected chi connectivity index (χ0v) is 19.7. The molecule has 1 atom stereocenters. The number of Topliss-reactive ketones (excluding diaryl/α,β-unsaturated/α-hetero) is 1. The molecule has 33 heavy (non-hydrogen) atoms. The first kappa shape index (κ1) is 22.6. The van der Waals surface area contributed by atoms with E-state index in [1.165, 1.54) is 23.3 Å². The Labute approximate surface area is 196 Å². The number of rotatable bonds is 6. The first-order valence-electron chi connectivity index (χ1n) is 10.5. The standard InChI is InChI=1S/C26H25NO5S/c1-15-11-16(2)25(32-4)20(12-15)23(28)21-22(17-7-5-8-18(13-17)31-3)27(26(30)24(21)29)14-19-9-6-10-33-19/h5-13,22,28H,14H2,1-4H3/b23-21+. The second kappa shape index (κ2) is 9.11. The minimum atomic E-state index is -0.771. The minimum Gasteiger partial charge on any atom is -0.507 e. The van der Waals surface area contributed by atoms with Gasteiger partial charge in [-0.15, -0.1) is 11.3 Å². The van der Waals surface area contributed by atoms with Crippen LogP contribution in [-0.2, 0) is 16.1 Å². The Balaban J connectivity index is 1.95. The summed E-state index contributed by atoms with van der Waals surface area (Å²) in [5.41, 5.74) is 2.82. The first-order chi connectivity index (χ1) is 15.8. The van der Waals surface area contributed by atoms with Gasteiger partial charge in [0.05, 0.1) is 37.9 Å². The third kappa shape index (κ3) is 4.12. The van der Waals surface area contributed by atoms with E-state index in [0.29, 0.717) is 22.6 Å². The molecule has 2 heterocycles. The van der Waals surface area contributed by atoms with Crippen LogP contribution >= 0.6 is 11.3 Å². The maximum Gasteiger partial charge on any atom is 0.295 e. The van der Waals surface area contributed by atoms with Crippen LogP contribution in [0, 0.1) is 13.8 Å². The average molecular weight is 464 g/mol. The number of nitrogens with zero attached hydrogens (tertiary/aromatic N) is 1. The summed E-state index contributed by atoms with van der Waals surface area (Å²) in [6, 6.07) is 13.9. The lowest BCUT2D eigenvalue weighted by atomic mass is 9.93. The summed E-state index contributed by atoms with van der Waals surface area (Å²) in [4.78, 5) is 28.9. The van der Waals surface area contributed by atoms with Crippen LogP contribution in [0.25, 0.3) is 5.76 Å². The number of benzene rings is 2. The number of amides is 1. The Kier molecular flexibility index (Phi) is 6.24. The highest BCUT2D eigenvalue weighted by atomic mass is 32.1. The van der Waals surface area contributed by atoms with E-state index in [-0.39, 0.29) is 17.9 Å². The quantitative estimate of drug-likeness (QED) is 0.316. The van der Waals surface area contributed by atoms with E-state index in [4.69, 9.17) is 9.47 Å². The highest BCUT2D eigenvalue weighted by molar-refractivity contribution is 7.09. The molecule has 0 saturated carbocycles. The van der Waals surface area contributed by atoms with Gasteiger partial charge in [0.1, 0.15) is 17.3 Å². The lowest BCUT2D eigenvalue weighted by Crippen LogP contribution is -2.28. The number of methoxy groups -OCH3 is 2. The van der Waals surface area contributed by atoms with Crippen LogP contribution in [0.1, 0.15) is 33.2 Å². The fraction of sp³-hybridized carbons (Fsp3) is 0.231. The molecular formula is C26H25NO5S. The van der Waals surface area contributed by atoms with E-state index in [1.54, 1.807) is 31.4 Å². The molecule has 3 aromatic rings. The second-order valence-corrected chi connectivity index (χ2v) is 8.98. The van der Waals surface area contributed by atoms with Gasteiger partial charge in [-0.2, -0.15) is 0 Å². The lowest BCUT2D eigenvalue weighted by molar-refractivity contribution is -0.140. The van der Waals surface area contributed by atoms with Gasteiger partial charge in [0.15, 0.2) is 0 Å². The number of thiophene rings is 1. The number of aliphatic hydroxyl groups is 1. The number of aliphatic hydroxyl groups excluding tert-OH is 1. The Morgan fingerprint density at radius 3 is 2.52 bits per heavy atom. The number of carbonyl (C=O) groups excluding carboxylic acids is 2. The predicted molar refractivity (Wildman–Crippen MR) is 128 cm³/mol. The number of likely N-dealkylation sites (tertiary alicyclic amines) is 1. The summed E-state index contributed by atoms with van der Waals surface area (Å²) in [5, 5.41) is 13.4. The molecule has 1 aliphatic heterocycles. The van der Waals surface area contributed by atoms with Crippen molar-refractivity contribution in [2.24, 2.45) is 0 Å². The third-order valence-electron chi connectivity index (χ3n) is 5.73. The van der Waals surface area contributed by atoms with E-state index < -0.39 is 17.7 Å². The van der Waals surface area contributed by atoms with Gasteiger partial charge in [0, 0.05) is 4.88 Å². The van der Waals surface area contributed by atoms with Gasteiger partial charge < -0.3 is 19.5 Å². The predicted octanol–water partition coefficient (Wildman–Crippen LogP) is 5.00. The topological polar surface area (TPSA) is 76.1 Å². The highest BCUT2D eigenvalue weighted by Crippen LogP contribution is 2.43. The van der Waals surface area contributed by atoms with Crippen LogP contribution < -0.4 is 9.47 Å². The van der Waals surface area contributed by atoms with Gasteiger partial charge in [-0.25, -0.2) is 0 Å². The van der Waals surface area contributed by atoms with E-state index in [9.17, 15) is 14.7 Å². The molecule has 1 amide bonds. The molecule has 170 valence electrons. The molecule has 1 aromatic heterocycles. The molecule has 0 bridgehead atoms. The van der Waals surface area contributed by atoms with Crippen LogP contribution in [0.5, 0.6) is 11.5 Å². The van der Waals surface area contributed by atoms with Crippen LogP contribution in [0.4, 0.5) is 0 Å². The van der Waals surface area contributed by atoms with Crippen molar-refractivity contribution in [3.05, 3.63) is 86.6 Å². The molecule has 1 N–H and O–H groups in total. The Hall–Kier alpha value is -3.58. The molecule has 1 saturated heterocycles. The van der Waals surface area contributed by atoms with E-state index >= 15 is 0 Å². The lowest BCUT2D eigenvalue weighted by Gasteiger charge is -2.25. The largest absolute Gasteiger partial charge is 0.507 e. The number of ketones is 1. The van der Waals surface area contributed by atoms with Gasteiger partial charge >= 0.3 is 0 Å². The van der Waals surface area contributed by atoms with Crippen molar-refractivity contribution >= 4 is 28.8 Å². The maximum atomic E-state index is 13.3. The summed E-state index contributed by atoms with van der Waals surface area (Å²) in [7, 11) is 3.07. The van der Waals surface area contributed by atoms with Crippen molar-refractivity contribution in [2.75, 3.05) is 14.2 Å². The van der Waals surface area contributed by atoms with Gasteiger partial charge in [0.25, 0.3) is 11.7 Å². The fourth-order valence-electron chi connectivity index (χ4n) is 4.32. The smallest absolute Gasteiger partial charge is 0.295 e. The van der Waals surface area contributed by atoms with Crippen molar-refractivity contribution in [2.45, 2.75) is 26.4 Å². The Morgan fingerprint density at radius 2 is 1.85 bits per heavy atom. The van der Waals surface area contributed by atoms with E-state index in [2.05, 4.69) is 0 Å². The summed E-state index contributed by atoms with van der Waals surface area (Å²) in [6.07, 6.45) is 0. The molecule has 6 nitrogen and oxygen atoms in total. The molecule has 4 rings (SSSR count). The average Bonchev–Trinajstić information content (AvgIpc) is 3.40. The zero-order valence-electron chi connectivity index (χ0n) is 18.9. The van der Waals surface area contributed by atoms with Crippen molar-refractivity contribution in [3.63, 3.8) is 0 Å².